The van der Waals surface area contributed by atoms with Crippen molar-refractivity contribution < 1.29 is 18.3 Å². The van der Waals surface area contributed by atoms with Gasteiger partial charge in [-0.3, -0.25) is 0 Å². The summed E-state index contributed by atoms with van der Waals surface area (Å²) in [5.41, 5.74) is 0. The van der Waals surface area contributed by atoms with Gasteiger partial charge >= 0.3 is 6.18 Å². The zero-order chi connectivity index (χ0) is 9.19. The predicted octanol–water partition coefficient (Wildman–Crippen LogP) is 1.07. The number of nitrogens with zero attached hydrogens (tertiary/aromatic N) is 2. The van der Waals surface area contributed by atoms with Crippen LogP contribution >= 0.6 is 0 Å². The molecule has 0 fully saturated rings. The van der Waals surface area contributed by atoms with Crippen molar-refractivity contribution >= 4 is 0 Å². The maximum Gasteiger partial charge on any atom is 0.421 e. The number of halogens is 3. The monoisotopic (exact) mass is 178 g/mol. The minimum Gasteiger partial charge on any atom is -0.377 e. The zero-order valence-electron chi connectivity index (χ0n) is 5.78. The van der Waals surface area contributed by atoms with Gasteiger partial charge in [0.2, 0.25) is 6.10 Å². The van der Waals surface area contributed by atoms with Gasteiger partial charge in [0.25, 0.3) is 0 Å². The summed E-state index contributed by atoms with van der Waals surface area (Å²) in [6, 6.07) is 1.37. The molecule has 0 aliphatic heterocycles. The van der Waals surface area contributed by atoms with E-state index in [0.717, 1.165) is 12.4 Å². The van der Waals surface area contributed by atoms with Crippen molar-refractivity contribution in [1.82, 2.24) is 9.97 Å². The molecule has 0 unspecified atom stereocenters. The van der Waals surface area contributed by atoms with E-state index in [0.29, 0.717) is 0 Å². The summed E-state index contributed by atoms with van der Waals surface area (Å²) in [6.45, 7) is 0. The average Bonchev–Trinajstić information content (AvgIpc) is 2.03. The first-order valence-corrected chi connectivity index (χ1v) is 3.03. The molecule has 1 aromatic heterocycles. The van der Waals surface area contributed by atoms with Crippen LogP contribution < -0.4 is 0 Å². The van der Waals surface area contributed by atoms with E-state index in [9.17, 15) is 13.2 Å². The van der Waals surface area contributed by atoms with Crippen molar-refractivity contribution in [2.24, 2.45) is 0 Å². The maximum absolute atomic E-state index is 11.8. The Labute approximate surface area is 65.9 Å². The lowest BCUT2D eigenvalue weighted by atomic mass is 10.3. The molecule has 1 atom stereocenters. The molecule has 6 heteroatoms. The zero-order valence-corrected chi connectivity index (χ0v) is 5.78. The number of alkyl halides is 3. The van der Waals surface area contributed by atoms with Crippen LogP contribution in [0.15, 0.2) is 18.5 Å². The van der Waals surface area contributed by atoms with E-state index < -0.39 is 18.1 Å². The Morgan fingerprint density at radius 3 is 2.17 bits per heavy atom. The van der Waals surface area contributed by atoms with E-state index in [1.54, 1.807) is 0 Å². The molecule has 0 spiro atoms. The highest BCUT2D eigenvalue weighted by molar-refractivity contribution is 4.94. The number of aliphatic hydroxyl groups excluding tert-OH is 1. The van der Waals surface area contributed by atoms with Crippen molar-refractivity contribution in [1.29, 1.82) is 0 Å². The lowest BCUT2D eigenvalue weighted by Crippen LogP contribution is -2.22. The first kappa shape index (κ1) is 8.92. The van der Waals surface area contributed by atoms with Gasteiger partial charge in [-0.1, -0.05) is 0 Å². The quantitative estimate of drug-likeness (QED) is 0.699. The minimum atomic E-state index is -4.71. The van der Waals surface area contributed by atoms with E-state index in [4.69, 9.17) is 5.11 Å². The van der Waals surface area contributed by atoms with Crippen LogP contribution in [0.1, 0.15) is 11.9 Å². The predicted molar refractivity (Wildman–Crippen MR) is 33.0 cm³/mol. The number of aliphatic hydroxyl groups is 1. The summed E-state index contributed by atoms with van der Waals surface area (Å²) in [7, 11) is 0. The van der Waals surface area contributed by atoms with E-state index in [1.165, 1.54) is 6.07 Å². The Hall–Kier alpha value is -1.17. The Balaban J connectivity index is 2.86. The largest absolute Gasteiger partial charge is 0.421 e. The van der Waals surface area contributed by atoms with Crippen molar-refractivity contribution in [3.05, 3.63) is 24.3 Å². The van der Waals surface area contributed by atoms with E-state index in [2.05, 4.69) is 9.97 Å². The molecule has 1 heterocycles. The normalized spacial score (nSPS) is 14.3. The molecule has 1 aromatic rings. The lowest BCUT2D eigenvalue weighted by molar-refractivity contribution is -0.209. The average molecular weight is 178 g/mol. The third-order valence-electron chi connectivity index (χ3n) is 1.14. The van der Waals surface area contributed by atoms with Crippen molar-refractivity contribution in [3.63, 3.8) is 0 Å². The molecule has 1 rings (SSSR count). The second-order valence-corrected chi connectivity index (χ2v) is 2.05. The molecule has 0 saturated heterocycles. The van der Waals surface area contributed by atoms with E-state index >= 15 is 0 Å². The van der Waals surface area contributed by atoms with Crippen LogP contribution in [0, 0.1) is 0 Å². The van der Waals surface area contributed by atoms with Gasteiger partial charge in [0.05, 0.1) is 0 Å². The van der Waals surface area contributed by atoms with Gasteiger partial charge in [0.1, 0.15) is 0 Å². The van der Waals surface area contributed by atoms with Gasteiger partial charge in [-0.2, -0.15) is 13.2 Å². The van der Waals surface area contributed by atoms with Crippen LogP contribution in [0.3, 0.4) is 0 Å². The summed E-state index contributed by atoms with van der Waals surface area (Å²) in [5, 5.41) is 8.61. The Morgan fingerprint density at radius 1 is 1.25 bits per heavy atom. The topological polar surface area (TPSA) is 46.0 Å². The molecule has 0 bridgehead atoms. The lowest BCUT2D eigenvalue weighted by Gasteiger charge is -2.11. The highest BCUT2D eigenvalue weighted by atomic mass is 19.4. The summed E-state index contributed by atoms with van der Waals surface area (Å²) in [5.74, 6) is -0.634. The smallest absolute Gasteiger partial charge is 0.377 e. The molecule has 0 amide bonds. The first-order valence-electron chi connectivity index (χ1n) is 3.03. The molecule has 1 N–H and O–H groups in total. The second-order valence-electron chi connectivity index (χ2n) is 2.05. The Kier molecular flexibility index (Phi) is 2.27. The molecule has 0 aliphatic carbocycles. The van der Waals surface area contributed by atoms with Crippen LogP contribution in [-0.2, 0) is 0 Å². The highest BCUT2D eigenvalue weighted by Gasteiger charge is 2.41. The number of hydrogen-bond donors (Lipinski definition) is 1. The van der Waals surface area contributed by atoms with Gasteiger partial charge in [-0.05, 0) is 6.07 Å². The van der Waals surface area contributed by atoms with Crippen LogP contribution in [0.2, 0.25) is 0 Å². The van der Waals surface area contributed by atoms with E-state index in [-0.39, 0.29) is 0 Å². The van der Waals surface area contributed by atoms with Gasteiger partial charge in [-0.25, -0.2) is 9.97 Å². The molecule has 0 aliphatic rings. The fraction of sp³-hybridized carbons (Fsp3) is 0.333. The highest BCUT2D eigenvalue weighted by Crippen LogP contribution is 2.29. The summed E-state index contributed by atoms with van der Waals surface area (Å²) in [4.78, 5) is 6.53. The molecule has 12 heavy (non-hydrogen) atoms. The molecule has 3 nitrogen and oxygen atoms in total. The second kappa shape index (κ2) is 3.06. The summed E-state index contributed by atoms with van der Waals surface area (Å²) < 4.78 is 35.4. The number of rotatable bonds is 1. The van der Waals surface area contributed by atoms with Crippen LogP contribution in [0.4, 0.5) is 13.2 Å². The van der Waals surface area contributed by atoms with Crippen LogP contribution in [0.25, 0.3) is 0 Å². The molecular formula is C6H5F3N2O. The maximum atomic E-state index is 11.8. The summed E-state index contributed by atoms with van der Waals surface area (Å²) in [6.07, 6.45) is -5.03. The fourth-order valence-corrected chi connectivity index (χ4v) is 0.598. The SMILES string of the molecule is O[C@@H](c1ncccn1)C(F)(F)F. The van der Waals surface area contributed by atoms with Gasteiger partial charge in [0, 0.05) is 12.4 Å². The third kappa shape index (κ3) is 1.91. The van der Waals surface area contributed by atoms with Crippen LogP contribution in [-0.4, -0.2) is 21.3 Å². The molecule has 66 valence electrons. The third-order valence-corrected chi connectivity index (χ3v) is 1.14. The van der Waals surface area contributed by atoms with Crippen molar-refractivity contribution in [3.8, 4) is 0 Å². The minimum absolute atomic E-state index is 0.634. The van der Waals surface area contributed by atoms with Gasteiger partial charge in [-0.15, -0.1) is 0 Å². The van der Waals surface area contributed by atoms with Crippen LogP contribution in [0.5, 0.6) is 0 Å². The molecule has 0 aromatic carbocycles. The van der Waals surface area contributed by atoms with Crippen molar-refractivity contribution in [2.75, 3.05) is 0 Å². The fourth-order valence-electron chi connectivity index (χ4n) is 0.598. The van der Waals surface area contributed by atoms with Gasteiger partial charge < -0.3 is 5.11 Å². The van der Waals surface area contributed by atoms with Gasteiger partial charge in [0.15, 0.2) is 5.82 Å². The first-order chi connectivity index (χ1) is 5.52. The van der Waals surface area contributed by atoms with Crippen molar-refractivity contribution in [2.45, 2.75) is 12.3 Å². The number of hydrogen-bond acceptors (Lipinski definition) is 3. The number of aromatic nitrogens is 2. The standard InChI is InChI=1S/C6H5F3N2O/c7-6(8,9)4(12)5-10-2-1-3-11-5/h1-4,12H/t4-/m0/s1. The summed E-state index contributed by atoms with van der Waals surface area (Å²) >= 11 is 0. The Bertz CT molecular complexity index is 249. The molecule has 0 saturated carbocycles. The Morgan fingerprint density at radius 2 is 1.75 bits per heavy atom. The van der Waals surface area contributed by atoms with E-state index in [1.807, 2.05) is 0 Å². The molecular weight excluding hydrogens is 173 g/mol. The molecule has 0 radical (unpaired) electrons.